The molecule has 0 aliphatic rings. The van der Waals surface area contributed by atoms with Gasteiger partial charge in [-0.05, 0) is 36.8 Å². The lowest BCUT2D eigenvalue weighted by Gasteiger charge is -2.11. The van der Waals surface area contributed by atoms with E-state index in [0.29, 0.717) is 23.2 Å². The fraction of sp³-hybridized carbons (Fsp3) is 0.250. The first-order chi connectivity index (χ1) is 10.7. The number of benzene rings is 1. The molecular formula is C16H18ClFN4. The van der Waals surface area contributed by atoms with Gasteiger partial charge in [0.1, 0.15) is 5.82 Å². The summed E-state index contributed by atoms with van der Waals surface area (Å²) in [6.45, 7) is 3.48. The minimum absolute atomic E-state index is 0.277. The van der Waals surface area contributed by atoms with Crippen molar-refractivity contribution in [2.75, 3.05) is 6.54 Å². The van der Waals surface area contributed by atoms with Crippen LogP contribution in [0.3, 0.4) is 0 Å². The van der Waals surface area contributed by atoms with Crippen LogP contribution in [0.25, 0.3) is 0 Å². The number of rotatable bonds is 5. The van der Waals surface area contributed by atoms with E-state index in [0.717, 1.165) is 12.1 Å². The largest absolute Gasteiger partial charge is 0.357 e. The molecular weight excluding hydrogens is 303 g/mol. The van der Waals surface area contributed by atoms with Crippen molar-refractivity contribution < 1.29 is 4.39 Å². The predicted octanol–water partition coefficient (Wildman–Crippen LogP) is 3.13. The number of nitrogens with zero attached hydrogens (tertiary/aromatic N) is 2. The Hall–Kier alpha value is -2.14. The van der Waals surface area contributed by atoms with Crippen LogP contribution in [-0.2, 0) is 13.1 Å². The molecule has 0 fully saturated rings. The summed E-state index contributed by atoms with van der Waals surface area (Å²) >= 11 is 5.85. The van der Waals surface area contributed by atoms with Crippen molar-refractivity contribution in [3.05, 3.63) is 64.7 Å². The Balaban J connectivity index is 1.98. The zero-order valence-electron chi connectivity index (χ0n) is 12.3. The highest BCUT2D eigenvalue weighted by Gasteiger charge is 2.04. The Bertz CT molecular complexity index is 628. The molecule has 1 aromatic heterocycles. The summed E-state index contributed by atoms with van der Waals surface area (Å²) in [6.07, 6.45) is 1.57. The zero-order valence-corrected chi connectivity index (χ0v) is 13.1. The molecule has 0 spiro atoms. The van der Waals surface area contributed by atoms with E-state index >= 15 is 0 Å². The minimum atomic E-state index is -0.330. The van der Waals surface area contributed by atoms with Crippen LogP contribution >= 0.6 is 11.6 Å². The molecule has 2 aromatic rings. The molecule has 1 heterocycles. The van der Waals surface area contributed by atoms with Gasteiger partial charge in [-0.15, -0.1) is 0 Å². The van der Waals surface area contributed by atoms with Gasteiger partial charge in [-0.25, -0.2) is 9.38 Å². The third kappa shape index (κ3) is 5.00. The maximum Gasteiger partial charge on any atom is 0.191 e. The van der Waals surface area contributed by atoms with Crippen LogP contribution in [-0.4, -0.2) is 17.5 Å². The quantitative estimate of drug-likeness (QED) is 0.657. The topological polar surface area (TPSA) is 49.3 Å². The highest BCUT2D eigenvalue weighted by atomic mass is 35.5. The Morgan fingerprint density at radius 1 is 1.23 bits per heavy atom. The first-order valence-corrected chi connectivity index (χ1v) is 7.43. The number of hydrogen-bond donors (Lipinski definition) is 2. The highest BCUT2D eigenvalue weighted by Crippen LogP contribution is 2.10. The van der Waals surface area contributed by atoms with Gasteiger partial charge in [-0.1, -0.05) is 23.7 Å². The molecule has 1 aromatic carbocycles. The van der Waals surface area contributed by atoms with Crippen LogP contribution in [0.2, 0.25) is 5.02 Å². The number of aliphatic imine (C=N–C) groups is 1. The standard InChI is InChI=1S/C16H18ClFN4/c1-2-19-16(21-10-12-5-7-13(17)8-6-12)22-11-15-14(18)4-3-9-20-15/h3-9H,2,10-11H2,1H3,(H2,19,21,22). The molecule has 0 amide bonds. The average Bonchev–Trinajstić information content (AvgIpc) is 2.53. The summed E-state index contributed by atoms with van der Waals surface area (Å²) in [5, 5.41) is 6.88. The molecule has 0 saturated heterocycles. The van der Waals surface area contributed by atoms with Gasteiger partial charge in [0.25, 0.3) is 0 Å². The lowest BCUT2D eigenvalue weighted by molar-refractivity contribution is 0.592. The molecule has 0 aliphatic heterocycles. The summed E-state index contributed by atoms with van der Waals surface area (Å²) in [7, 11) is 0. The fourth-order valence-corrected chi connectivity index (χ4v) is 1.94. The predicted molar refractivity (Wildman–Crippen MR) is 87.3 cm³/mol. The molecule has 116 valence electrons. The van der Waals surface area contributed by atoms with E-state index < -0.39 is 0 Å². The monoisotopic (exact) mass is 320 g/mol. The van der Waals surface area contributed by atoms with Crippen molar-refractivity contribution in [1.29, 1.82) is 0 Å². The van der Waals surface area contributed by atoms with E-state index in [1.165, 1.54) is 6.07 Å². The van der Waals surface area contributed by atoms with Gasteiger partial charge in [0.2, 0.25) is 0 Å². The van der Waals surface area contributed by atoms with E-state index in [9.17, 15) is 4.39 Å². The zero-order chi connectivity index (χ0) is 15.8. The summed E-state index contributed by atoms with van der Waals surface area (Å²) in [4.78, 5) is 8.46. The Labute approximate surface area is 134 Å². The SMILES string of the molecule is CCNC(=NCc1ccc(Cl)cc1)NCc1ncccc1F. The molecule has 0 saturated carbocycles. The summed E-state index contributed by atoms with van der Waals surface area (Å²) in [5.74, 6) is 0.283. The maximum absolute atomic E-state index is 13.5. The number of aromatic nitrogens is 1. The van der Waals surface area contributed by atoms with Crippen LogP contribution in [0, 0.1) is 5.82 Å². The molecule has 0 radical (unpaired) electrons. The first-order valence-electron chi connectivity index (χ1n) is 7.05. The molecule has 0 atom stereocenters. The van der Waals surface area contributed by atoms with E-state index in [1.807, 2.05) is 31.2 Å². The molecule has 6 heteroatoms. The van der Waals surface area contributed by atoms with Crippen molar-refractivity contribution in [2.24, 2.45) is 4.99 Å². The Morgan fingerprint density at radius 2 is 2.00 bits per heavy atom. The number of halogens is 2. The van der Waals surface area contributed by atoms with Crippen molar-refractivity contribution in [3.63, 3.8) is 0 Å². The second kappa shape index (κ2) is 8.34. The molecule has 0 aliphatic carbocycles. The highest BCUT2D eigenvalue weighted by molar-refractivity contribution is 6.30. The second-order valence-corrected chi connectivity index (χ2v) is 5.04. The van der Waals surface area contributed by atoms with Gasteiger partial charge in [0.15, 0.2) is 5.96 Å². The normalized spacial score (nSPS) is 11.3. The summed E-state index contributed by atoms with van der Waals surface area (Å²) in [5.41, 5.74) is 1.41. The van der Waals surface area contributed by atoms with Crippen molar-refractivity contribution in [2.45, 2.75) is 20.0 Å². The van der Waals surface area contributed by atoms with E-state index in [2.05, 4.69) is 20.6 Å². The number of nitrogens with one attached hydrogen (secondary N) is 2. The summed E-state index contributed by atoms with van der Waals surface area (Å²) in [6, 6.07) is 10.5. The molecule has 0 unspecified atom stereocenters. The Kier molecular flexibility index (Phi) is 6.15. The molecule has 2 rings (SSSR count). The smallest absolute Gasteiger partial charge is 0.191 e. The van der Waals surface area contributed by atoms with Gasteiger partial charge in [0, 0.05) is 17.8 Å². The lowest BCUT2D eigenvalue weighted by atomic mass is 10.2. The third-order valence-electron chi connectivity index (χ3n) is 2.94. The van der Waals surface area contributed by atoms with Gasteiger partial charge in [-0.3, -0.25) is 4.98 Å². The van der Waals surface area contributed by atoms with E-state index in [1.54, 1.807) is 12.3 Å². The third-order valence-corrected chi connectivity index (χ3v) is 3.19. The van der Waals surface area contributed by atoms with Crippen molar-refractivity contribution in [1.82, 2.24) is 15.6 Å². The maximum atomic E-state index is 13.5. The van der Waals surface area contributed by atoms with Crippen molar-refractivity contribution >= 4 is 17.6 Å². The number of guanidine groups is 1. The summed E-state index contributed by atoms with van der Waals surface area (Å²) < 4.78 is 13.5. The van der Waals surface area contributed by atoms with Gasteiger partial charge >= 0.3 is 0 Å². The number of hydrogen-bond acceptors (Lipinski definition) is 2. The van der Waals surface area contributed by atoms with Crippen LogP contribution in [0.1, 0.15) is 18.2 Å². The van der Waals surface area contributed by atoms with Gasteiger partial charge in [0.05, 0.1) is 18.8 Å². The molecule has 0 bridgehead atoms. The van der Waals surface area contributed by atoms with Crippen molar-refractivity contribution in [3.8, 4) is 0 Å². The van der Waals surface area contributed by atoms with Crippen LogP contribution in [0.4, 0.5) is 4.39 Å². The average molecular weight is 321 g/mol. The lowest BCUT2D eigenvalue weighted by Crippen LogP contribution is -2.37. The van der Waals surface area contributed by atoms with Gasteiger partial charge in [-0.2, -0.15) is 0 Å². The van der Waals surface area contributed by atoms with E-state index in [-0.39, 0.29) is 12.4 Å². The van der Waals surface area contributed by atoms with Crippen LogP contribution in [0.5, 0.6) is 0 Å². The second-order valence-electron chi connectivity index (χ2n) is 4.61. The van der Waals surface area contributed by atoms with Crippen LogP contribution in [0.15, 0.2) is 47.6 Å². The first kappa shape index (κ1) is 16.2. The molecule has 22 heavy (non-hydrogen) atoms. The van der Waals surface area contributed by atoms with E-state index in [4.69, 9.17) is 11.6 Å². The number of pyridine rings is 1. The molecule has 4 nitrogen and oxygen atoms in total. The fourth-order valence-electron chi connectivity index (χ4n) is 1.82. The molecule has 2 N–H and O–H groups in total. The van der Waals surface area contributed by atoms with Crippen LogP contribution < -0.4 is 10.6 Å². The minimum Gasteiger partial charge on any atom is -0.357 e. The van der Waals surface area contributed by atoms with Gasteiger partial charge < -0.3 is 10.6 Å². The Morgan fingerprint density at radius 3 is 2.68 bits per heavy atom.